The first-order chi connectivity index (χ1) is 17.6. The van der Waals surface area contributed by atoms with Crippen LogP contribution < -0.4 is 5.32 Å². The summed E-state index contributed by atoms with van der Waals surface area (Å²) in [7, 11) is 0. The number of carbonyl (C=O) groups is 1. The van der Waals surface area contributed by atoms with E-state index < -0.39 is 0 Å². The van der Waals surface area contributed by atoms with Gasteiger partial charge >= 0.3 is 0 Å². The number of thioether (sulfide) groups is 1. The van der Waals surface area contributed by atoms with Crippen LogP contribution in [0.5, 0.6) is 0 Å². The van der Waals surface area contributed by atoms with Gasteiger partial charge in [0.15, 0.2) is 5.16 Å². The summed E-state index contributed by atoms with van der Waals surface area (Å²) in [6.07, 6.45) is 3.51. The zero-order valence-corrected chi connectivity index (χ0v) is 20.6. The van der Waals surface area contributed by atoms with Gasteiger partial charge in [0.1, 0.15) is 5.82 Å². The second-order valence-corrected chi connectivity index (χ2v) is 9.47. The third-order valence-corrected chi connectivity index (χ3v) is 7.11. The Hall–Kier alpha value is -3.97. The zero-order chi connectivity index (χ0) is 24.9. The molecule has 5 aromatic rings. The average Bonchev–Trinajstić information content (AvgIpc) is 3.25. The van der Waals surface area contributed by atoms with Crippen LogP contribution in [-0.2, 0) is 18.8 Å². The Morgan fingerprint density at radius 1 is 0.972 bits per heavy atom. The number of pyridine rings is 1. The summed E-state index contributed by atoms with van der Waals surface area (Å²) in [5, 5.41) is 3.79. The van der Waals surface area contributed by atoms with Gasteiger partial charge in [-0.2, -0.15) is 0 Å². The van der Waals surface area contributed by atoms with Gasteiger partial charge in [0.05, 0.1) is 23.8 Å². The predicted octanol–water partition coefficient (Wildman–Crippen LogP) is 6.15. The minimum Gasteiger partial charge on any atom is -0.348 e. The van der Waals surface area contributed by atoms with E-state index in [-0.39, 0.29) is 11.7 Å². The Labute approximate surface area is 213 Å². The molecule has 0 aliphatic rings. The highest BCUT2D eigenvalue weighted by molar-refractivity contribution is 7.98. The van der Waals surface area contributed by atoms with Crippen molar-refractivity contribution < 1.29 is 9.18 Å². The molecule has 0 unspecified atom stereocenters. The van der Waals surface area contributed by atoms with Crippen LogP contribution in [0.3, 0.4) is 0 Å². The SMILES string of the molecule is Cc1ccccc1CNC(=O)c1ccc(Cn2c(SCc3ccccc3F)nc3ccncc32)cc1. The standard InChI is InChI=1S/C29H25FN4OS/c1-20-6-2-3-7-23(20)16-32-28(35)22-12-10-21(11-13-22)18-34-27-17-31-15-14-26(27)33-29(34)36-19-24-8-4-5-9-25(24)30/h2-15,17H,16,18-19H2,1H3,(H,32,35). The van der Waals surface area contributed by atoms with Crippen molar-refractivity contribution in [1.82, 2.24) is 19.9 Å². The molecule has 0 radical (unpaired) electrons. The molecular formula is C29H25FN4OS. The number of fused-ring (bicyclic) bond motifs is 1. The van der Waals surface area contributed by atoms with Gasteiger partial charge in [-0.15, -0.1) is 0 Å². The van der Waals surface area contributed by atoms with Crippen LogP contribution in [-0.4, -0.2) is 20.4 Å². The van der Waals surface area contributed by atoms with Gasteiger partial charge in [0.25, 0.3) is 5.91 Å². The average molecular weight is 497 g/mol. The van der Waals surface area contributed by atoms with Crippen molar-refractivity contribution >= 4 is 28.7 Å². The highest BCUT2D eigenvalue weighted by Crippen LogP contribution is 2.28. The maximum atomic E-state index is 14.1. The molecule has 0 fully saturated rings. The van der Waals surface area contributed by atoms with E-state index in [9.17, 15) is 9.18 Å². The van der Waals surface area contributed by atoms with Gasteiger partial charge in [-0.25, -0.2) is 9.37 Å². The lowest BCUT2D eigenvalue weighted by Gasteiger charge is -2.11. The third-order valence-electron chi connectivity index (χ3n) is 6.09. The lowest BCUT2D eigenvalue weighted by molar-refractivity contribution is 0.0951. The van der Waals surface area contributed by atoms with Crippen LogP contribution in [0.4, 0.5) is 4.39 Å². The highest BCUT2D eigenvalue weighted by atomic mass is 32.2. The first-order valence-corrected chi connectivity index (χ1v) is 12.6. The van der Waals surface area contributed by atoms with E-state index in [0.717, 1.165) is 32.9 Å². The molecule has 5 nitrogen and oxygen atoms in total. The Kier molecular flexibility index (Phi) is 7.09. The molecule has 1 N–H and O–H groups in total. The van der Waals surface area contributed by atoms with Gasteiger partial charge in [-0.05, 0) is 53.4 Å². The van der Waals surface area contributed by atoms with Crippen LogP contribution in [0.2, 0.25) is 0 Å². The number of halogens is 1. The second-order valence-electron chi connectivity index (χ2n) is 8.53. The number of rotatable bonds is 8. The number of nitrogens with zero attached hydrogens (tertiary/aromatic N) is 3. The maximum absolute atomic E-state index is 14.1. The largest absolute Gasteiger partial charge is 0.348 e. The fourth-order valence-electron chi connectivity index (χ4n) is 4.00. The lowest BCUT2D eigenvalue weighted by atomic mass is 10.1. The number of nitrogens with one attached hydrogen (secondary N) is 1. The first-order valence-electron chi connectivity index (χ1n) is 11.7. The number of benzene rings is 3. The molecule has 3 aromatic carbocycles. The van der Waals surface area contributed by atoms with Crippen LogP contribution in [0.25, 0.3) is 11.0 Å². The summed E-state index contributed by atoms with van der Waals surface area (Å²) >= 11 is 1.49. The lowest BCUT2D eigenvalue weighted by Crippen LogP contribution is -2.23. The zero-order valence-electron chi connectivity index (χ0n) is 19.8. The summed E-state index contributed by atoms with van der Waals surface area (Å²) in [5.74, 6) is 0.150. The fraction of sp³-hybridized carbons (Fsp3) is 0.138. The molecule has 0 spiro atoms. The van der Waals surface area contributed by atoms with Crippen LogP contribution in [0.15, 0.2) is 96.4 Å². The van der Waals surface area contributed by atoms with Gasteiger partial charge in [-0.1, -0.05) is 66.4 Å². The van der Waals surface area contributed by atoms with Crippen molar-refractivity contribution in [3.63, 3.8) is 0 Å². The van der Waals surface area contributed by atoms with Gasteiger partial charge in [-0.3, -0.25) is 9.78 Å². The quantitative estimate of drug-likeness (QED) is 0.262. The van der Waals surface area contributed by atoms with Crippen molar-refractivity contribution in [3.05, 3.63) is 125 Å². The summed E-state index contributed by atoms with van der Waals surface area (Å²) in [4.78, 5) is 21.7. The summed E-state index contributed by atoms with van der Waals surface area (Å²) < 4.78 is 16.2. The monoisotopic (exact) mass is 496 g/mol. The van der Waals surface area contributed by atoms with Gasteiger partial charge in [0, 0.05) is 24.1 Å². The fourth-order valence-corrected chi connectivity index (χ4v) is 5.00. The minimum atomic E-state index is -0.217. The van der Waals surface area contributed by atoms with E-state index in [1.54, 1.807) is 24.5 Å². The Morgan fingerprint density at radius 3 is 2.50 bits per heavy atom. The molecular weight excluding hydrogens is 471 g/mol. The molecule has 0 saturated heterocycles. The first kappa shape index (κ1) is 23.8. The van der Waals surface area contributed by atoms with Gasteiger partial charge < -0.3 is 9.88 Å². The number of carbonyl (C=O) groups excluding carboxylic acids is 1. The van der Waals surface area contributed by atoms with Crippen molar-refractivity contribution in [1.29, 1.82) is 0 Å². The summed E-state index contributed by atoms with van der Waals surface area (Å²) in [6.45, 7) is 3.09. The smallest absolute Gasteiger partial charge is 0.251 e. The van der Waals surface area contributed by atoms with E-state index in [1.807, 2.05) is 67.6 Å². The molecule has 7 heteroatoms. The van der Waals surface area contributed by atoms with Crippen LogP contribution in [0, 0.1) is 12.7 Å². The van der Waals surface area contributed by atoms with Crippen molar-refractivity contribution in [2.24, 2.45) is 0 Å². The topological polar surface area (TPSA) is 59.8 Å². The van der Waals surface area contributed by atoms with Crippen molar-refractivity contribution in [3.8, 4) is 0 Å². The van der Waals surface area contributed by atoms with Crippen molar-refractivity contribution in [2.45, 2.75) is 30.9 Å². The number of hydrogen-bond acceptors (Lipinski definition) is 4. The Balaban J connectivity index is 1.31. The summed E-state index contributed by atoms with van der Waals surface area (Å²) in [6, 6.07) is 24.3. The van der Waals surface area contributed by atoms with Crippen LogP contribution >= 0.6 is 11.8 Å². The summed E-state index contributed by atoms with van der Waals surface area (Å²) in [5.41, 5.74) is 6.28. The number of aromatic nitrogens is 3. The normalized spacial score (nSPS) is 11.1. The molecule has 2 heterocycles. The van der Waals surface area contributed by atoms with E-state index in [4.69, 9.17) is 4.98 Å². The van der Waals surface area contributed by atoms with E-state index >= 15 is 0 Å². The number of hydrogen-bond donors (Lipinski definition) is 1. The molecule has 0 bridgehead atoms. The van der Waals surface area contributed by atoms with E-state index in [1.165, 1.54) is 17.8 Å². The molecule has 2 aromatic heterocycles. The third kappa shape index (κ3) is 5.31. The van der Waals surface area contributed by atoms with Gasteiger partial charge in [0.2, 0.25) is 0 Å². The minimum absolute atomic E-state index is 0.108. The molecule has 1 amide bonds. The molecule has 36 heavy (non-hydrogen) atoms. The molecule has 180 valence electrons. The van der Waals surface area contributed by atoms with E-state index in [0.29, 0.717) is 30.0 Å². The Morgan fingerprint density at radius 2 is 1.72 bits per heavy atom. The molecule has 0 aliphatic heterocycles. The van der Waals surface area contributed by atoms with E-state index in [2.05, 4.69) is 14.9 Å². The molecule has 0 atom stereocenters. The van der Waals surface area contributed by atoms with Crippen LogP contribution in [0.1, 0.15) is 32.6 Å². The molecule has 0 aliphatic carbocycles. The predicted molar refractivity (Wildman–Crippen MR) is 141 cm³/mol. The maximum Gasteiger partial charge on any atom is 0.251 e. The number of amides is 1. The highest BCUT2D eigenvalue weighted by Gasteiger charge is 2.14. The second kappa shape index (κ2) is 10.7. The number of imidazole rings is 1. The Bertz CT molecular complexity index is 1510. The molecule has 5 rings (SSSR count). The molecule has 0 saturated carbocycles. The van der Waals surface area contributed by atoms with Crippen molar-refractivity contribution in [2.75, 3.05) is 0 Å². The number of aryl methyl sites for hydroxylation is 1.